The van der Waals surface area contributed by atoms with Crippen LogP contribution in [0.3, 0.4) is 0 Å². The van der Waals surface area contributed by atoms with E-state index < -0.39 is 15.8 Å². The SMILES string of the molecule is Cc1ncn(-c2cc(N3CCN(S(=O)(=O)c4cccc(F)c4)CC3)ncn2)c1C. The highest BCUT2D eigenvalue weighted by Gasteiger charge is 2.29. The maximum atomic E-state index is 13.4. The quantitative estimate of drug-likeness (QED) is 0.646. The highest BCUT2D eigenvalue weighted by Crippen LogP contribution is 2.22. The van der Waals surface area contributed by atoms with E-state index in [1.807, 2.05) is 29.4 Å². The van der Waals surface area contributed by atoms with Gasteiger partial charge in [0.15, 0.2) is 0 Å². The third-order valence-corrected chi connectivity index (χ3v) is 7.03. The first-order valence-electron chi connectivity index (χ1n) is 9.20. The summed E-state index contributed by atoms with van der Waals surface area (Å²) >= 11 is 0. The largest absolute Gasteiger partial charge is 0.354 e. The van der Waals surface area contributed by atoms with E-state index in [1.54, 1.807) is 6.33 Å². The summed E-state index contributed by atoms with van der Waals surface area (Å²) in [7, 11) is -3.72. The number of rotatable bonds is 4. The van der Waals surface area contributed by atoms with Gasteiger partial charge in [0.2, 0.25) is 10.0 Å². The Balaban J connectivity index is 1.50. The monoisotopic (exact) mass is 416 g/mol. The van der Waals surface area contributed by atoms with Crippen molar-refractivity contribution in [1.82, 2.24) is 23.8 Å². The van der Waals surface area contributed by atoms with E-state index in [0.29, 0.717) is 32.0 Å². The predicted molar refractivity (Wildman–Crippen MR) is 106 cm³/mol. The number of nitrogens with zero attached hydrogens (tertiary/aromatic N) is 6. The first-order valence-corrected chi connectivity index (χ1v) is 10.6. The molecule has 0 aliphatic carbocycles. The molecule has 1 saturated heterocycles. The molecule has 29 heavy (non-hydrogen) atoms. The topological polar surface area (TPSA) is 84.2 Å². The molecule has 0 saturated carbocycles. The van der Waals surface area contributed by atoms with Gasteiger partial charge in [0.05, 0.1) is 10.6 Å². The number of aryl methyl sites for hydroxylation is 1. The fourth-order valence-electron chi connectivity index (χ4n) is 3.31. The zero-order chi connectivity index (χ0) is 20.6. The highest BCUT2D eigenvalue weighted by atomic mass is 32.2. The average Bonchev–Trinajstić information content (AvgIpc) is 3.07. The van der Waals surface area contributed by atoms with Crippen molar-refractivity contribution in [3.63, 3.8) is 0 Å². The number of sulfonamides is 1. The second kappa shape index (κ2) is 7.53. The van der Waals surface area contributed by atoms with Crippen LogP contribution in [0.5, 0.6) is 0 Å². The molecular weight excluding hydrogens is 395 g/mol. The Kier molecular flexibility index (Phi) is 5.05. The molecule has 3 heterocycles. The van der Waals surface area contributed by atoms with E-state index in [1.165, 1.54) is 28.8 Å². The van der Waals surface area contributed by atoms with E-state index in [2.05, 4.69) is 15.0 Å². The third kappa shape index (κ3) is 3.73. The molecule has 8 nitrogen and oxygen atoms in total. The van der Waals surface area contributed by atoms with E-state index in [9.17, 15) is 12.8 Å². The highest BCUT2D eigenvalue weighted by molar-refractivity contribution is 7.89. The molecule has 1 fully saturated rings. The lowest BCUT2D eigenvalue weighted by Gasteiger charge is -2.34. The zero-order valence-electron chi connectivity index (χ0n) is 16.2. The smallest absolute Gasteiger partial charge is 0.243 e. The fraction of sp³-hybridized carbons (Fsp3) is 0.316. The number of anilines is 1. The number of hydrogen-bond acceptors (Lipinski definition) is 6. The van der Waals surface area contributed by atoms with Crippen molar-refractivity contribution >= 4 is 15.8 Å². The summed E-state index contributed by atoms with van der Waals surface area (Å²) in [6.45, 7) is 5.45. The van der Waals surface area contributed by atoms with Gasteiger partial charge in [0.1, 0.15) is 30.1 Å². The summed E-state index contributed by atoms with van der Waals surface area (Å²) in [4.78, 5) is 15.0. The Morgan fingerprint density at radius 2 is 1.69 bits per heavy atom. The van der Waals surface area contributed by atoms with Crippen LogP contribution < -0.4 is 4.90 Å². The molecule has 4 rings (SSSR count). The summed E-state index contributed by atoms with van der Waals surface area (Å²) in [5.74, 6) is 0.870. The first kappa shape index (κ1) is 19.5. The Morgan fingerprint density at radius 1 is 0.966 bits per heavy atom. The molecule has 0 N–H and O–H groups in total. The van der Waals surface area contributed by atoms with E-state index in [4.69, 9.17) is 0 Å². The molecule has 3 aromatic rings. The molecule has 0 amide bonds. The van der Waals surface area contributed by atoms with Crippen molar-refractivity contribution in [2.45, 2.75) is 18.7 Å². The zero-order valence-corrected chi connectivity index (χ0v) is 17.0. The molecule has 0 unspecified atom stereocenters. The number of halogens is 1. The molecular formula is C19H21FN6O2S. The predicted octanol–water partition coefficient (Wildman–Crippen LogP) is 1.93. The number of aromatic nitrogens is 4. The lowest BCUT2D eigenvalue weighted by Crippen LogP contribution is -2.49. The Bertz CT molecular complexity index is 1140. The van der Waals surface area contributed by atoms with Crippen LogP contribution in [-0.2, 0) is 10.0 Å². The molecule has 1 aliphatic heterocycles. The second-order valence-corrected chi connectivity index (χ2v) is 8.81. The Morgan fingerprint density at radius 3 is 2.34 bits per heavy atom. The molecule has 152 valence electrons. The number of benzene rings is 1. The minimum absolute atomic E-state index is 0.0266. The van der Waals surface area contributed by atoms with Gasteiger partial charge in [0.25, 0.3) is 0 Å². The minimum atomic E-state index is -3.72. The molecule has 1 aromatic carbocycles. The van der Waals surface area contributed by atoms with Crippen LogP contribution in [0.15, 0.2) is 47.9 Å². The first-order chi connectivity index (χ1) is 13.9. The second-order valence-electron chi connectivity index (χ2n) is 6.87. The third-order valence-electron chi connectivity index (χ3n) is 5.13. The van der Waals surface area contributed by atoms with E-state index >= 15 is 0 Å². The fourth-order valence-corrected chi connectivity index (χ4v) is 4.76. The summed E-state index contributed by atoms with van der Waals surface area (Å²) in [6, 6.07) is 6.96. The van der Waals surface area contributed by atoms with Gasteiger partial charge in [-0.1, -0.05) is 6.07 Å². The van der Waals surface area contributed by atoms with Crippen molar-refractivity contribution in [2.24, 2.45) is 0 Å². The summed E-state index contributed by atoms with van der Waals surface area (Å²) in [6.07, 6.45) is 3.22. The number of piperazine rings is 1. The van der Waals surface area contributed by atoms with Gasteiger partial charge in [-0.25, -0.2) is 27.8 Å². The van der Waals surface area contributed by atoms with Crippen molar-refractivity contribution < 1.29 is 12.8 Å². The van der Waals surface area contributed by atoms with Crippen LogP contribution in [0, 0.1) is 19.7 Å². The van der Waals surface area contributed by atoms with Gasteiger partial charge >= 0.3 is 0 Å². The van der Waals surface area contributed by atoms with Crippen LogP contribution >= 0.6 is 0 Å². The van der Waals surface area contributed by atoms with E-state index in [-0.39, 0.29) is 4.90 Å². The van der Waals surface area contributed by atoms with Crippen molar-refractivity contribution in [2.75, 3.05) is 31.1 Å². The lowest BCUT2D eigenvalue weighted by atomic mass is 10.3. The maximum Gasteiger partial charge on any atom is 0.243 e. The van der Waals surface area contributed by atoms with Crippen LogP contribution in [0.1, 0.15) is 11.4 Å². The van der Waals surface area contributed by atoms with Crippen LogP contribution in [0.25, 0.3) is 5.82 Å². The Hall–Kier alpha value is -2.85. The summed E-state index contributed by atoms with van der Waals surface area (Å²) in [5.41, 5.74) is 1.93. The molecule has 2 aromatic heterocycles. The van der Waals surface area contributed by atoms with Gasteiger partial charge in [0, 0.05) is 37.9 Å². The van der Waals surface area contributed by atoms with Crippen molar-refractivity contribution in [3.05, 3.63) is 60.2 Å². The minimum Gasteiger partial charge on any atom is -0.354 e. The molecule has 10 heteroatoms. The molecule has 0 bridgehead atoms. The van der Waals surface area contributed by atoms with Crippen LogP contribution in [-0.4, -0.2) is 58.4 Å². The summed E-state index contributed by atoms with van der Waals surface area (Å²) < 4.78 is 42.2. The van der Waals surface area contributed by atoms with E-state index in [0.717, 1.165) is 23.3 Å². The standard InChI is InChI=1S/C19H21FN6O2S/c1-14-15(2)26(13-23-14)19-11-18(21-12-22-19)24-6-8-25(9-7-24)29(27,28)17-5-3-4-16(20)10-17/h3-5,10-13H,6-9H2,1-2H3. The maximum absolute atomic E-state index is 13.4. The number of hydrogen-bond donors (Lipinski definition) is 0. The van der Waals surface area contributed by atoms with Crippen LogP contribution in [0.2, 0.25) is 0 Å². The van der Waals surface area contributed by atoms with Gasteiger partial charge < -0.3 is 4.90 Å². The van der Waals surface area contributed by atoms with Gasteiger partial charge in [-0.15, -0.1) is 0 Å². The van der Waals surface area contributed by atoms with Crippen LogP contribution in [0.4, 0.5) is 10.2 Å². The molecule has 1 aliphatic rings. The molecule has 0 spiro atoms. The average molecular weight is 416 g/mol. The molecule has 0 atom stereocenters. The lowest BCUT2D eigenvalue weighted by molar-refractivity contribution is 0.383. The van der Waals surface area contributed by atoms with Crippen molar-refractivity contribution in [3.8, 4) is 5.82 Å². The van der Waals surface area contributed by atoms with Gasteiger partial charge in [-0.3, -0.25) is 4.57 Å². The van der Waals surface area contributed by atoms with Crippen molar-refractivity contribution in [1.29, 1.82) is 0 Å². The Labute approximate surface area is 168 Å². The molecule has 0 radical (unpaired) electrons. The summed E-state index contributed by atoms with van der Waals surface area (Å²) in [5, 5.41) is 0. The number of imidazole rings is 1. The normalized spacial score (nSPS) is 15.6. The van der Waals surface area contributed by atoms with Gasteiger partial charge in [-0.2, -0.15) is 4.31 Å². The van der Waals surface area contributed by atoms with Gasteiger partial charge in [-0.05, 0) is 32.0 Å².